The minimum absolute atomic E-state index is 0.00501. The monoisotopic (exact) mass is 287 g/mol. The number of carboxylic acid groups (broad SMARTS) is 1. The number of nitrogens with zero attached hydrogens (tertiary/aromatic N) is 1. The van der Waals surface area contributed by atoms with E-state index in [1.54, 1.807) is 11.8 Å². The average molecular weight is 287 g/mol. The van der Waals surface area contributed by atoms with Crippen molar-refractivity contribution >= 4 is 22.7 Å². The number of carboxylic acids is 1. The van der Waals surface area contributed by atoms with Gasteiger partial charge in [-0.25, -0.2) is 4.79 Å². The van der Waals surface area contributed by atoms with Gasteiger partial charge >= 0.3 is 5.97 Å². The highest BCUT2D eigenvalue weighted by Crippen LogP contribution is 2.17. The standard InChI is InChI=1S/C12H17NO5S/c1-4-13(5-2)11(14)8(3)19(17)10-7-6-9(18-10)12(15)16/h6-8H,4-5H2,1-3H3,(H,15,16). The lowest BCUT2D eigenvalue weighted by Crippen LogP contribution is -2.39. The predicted molar refractivity (Wildman–Crippen MR) is 69.5 cm³/mol. The van der Waals surface area contributed by atoms with Crippen LogP contribution in [-0.4, -0.2) is 44.4 Å². The molecule has 1 heterocycles. The SMILES string of the molecule is CCN(CC)C(=O)C(C)S(=O)c1ccc(C(=O)O)o1. The molecule has 1 aromatic heterocycles. The maximum absolute atomic E-state index is 12.1. The fourth-order valence-electron chi connectivity index (χ4n) is 1.60. The highest BCUT2D eigenvalue weighted by molar-refractivity contribution is 7.86. The van der Waals surface area contributed by atoms with E-state index >= 15 is 0 Å². The van der Waals surface area contributed by atoms with Gasteiger partial charge in [0.05, 0.1) is 0 Å². The summed E-state index contributed by atoms with van der Waals surface area (Å²) in [5, 5.41) is 7.96. The zero-order valence-electron chi connectivity index (χ0n) is 11.1. The molecule has 1 N–H and O–H groups in total. The lowest BCUT2D eigenvalue weighted by molar-refractivity contribution is -0.130. The second kappa shape index (κ2) is 6.51. The molecule has 0 saturated heterocycles. The molecule has 1 aromatic rings. The molecule has 19 heavy (non-hydrogen) atoms. The van der Waals surface area contributed by atoms with Crippen LogP contribution in [0.4, 0.5) is 0 Å². The van der Waals surface area contributed by atoms with Gasteiger partial charge in [-0.15, -0.1) is 0 Å². The second-order valence-electron chi connectivity index (χ2n) is 3.87. The predicted octanol–water partition coefficient (Wildman–Crippen LogP) is 1.34. The topological polar surface area (TPSA) is 87.8 Å². The highest BCUT2D eigenvalue weighted by Gasteiger charge is 2.27. The molecule has 0 bridgehead atoms. The summed E-state index contributed by atoms with van der Waals surface area (Å²) >= 11 is 0. The molecule has 0 saturated carbocycles. The minimum atomic E-state index is -1.70. The van der Waals surface area contributed by atoms with E-state index in [4.69, 9.17) is 9.52 Å². The maximum Gasteiger partial charge on any atom is 0.371 e. The van der Waals surface area contributed by atoms with Crippen LogP contribution >= 0.6 is 0 Å². The zero-order chi connectivity index (χ0) is 14.6. The summed E-state index contributed by atoms with van der Waals surface area (Å²) in [6.07, 6.45) is 0. The van der Waals surface area contributed by atoms with E-state index in [1.165, 1.54) is 12.1 Å². The number of aromatic carboxylic acids is 1. The van der Waals surface area contributed by atoms with E-state index in [0.29, 0.717) is 13.1 Å². The Morgan fingerprint density at radius 2 is 1.95 bits per heavy atom. The van der Waals surface area contributed by atoms with Crippen LogP contribution in [0, 0.1) is 0 Å². The number of rotatable bonds is 6. The Balaban J connectivity index is 2.86. The van der Waals surface area contributed by atoms with Crippen LogP contribution in [0.25, 0.3) is 0 Å². The number of carbonyl (C=O) groups is 2. The smallest absolute Gasteiger partial charge is 0.371 e. The molecule has 0 fully saturated rings. The molecule has 7 heteroatoms. The molecule has 106 valence electrons. The van der Waals surface area contributed by atoms with Crippen molar-refractivity contribution in [3.05, 3.63) is 17.9 Å². The number of furan rings is 1. The van der Waals surface area contributed by atoms with Crippen LogP contribution in [0.15, 0.2) is 21.6 Å². The third-order valence-corrected chi connectivity index (χ3v) is 4.19. The molecule has 1 amide bonds. The van der Waals surface area contributed by atoms with Gasteiger partial charge in [0.15, 0.2) is 5.09 Å². The van der Waals surface area contributed by atoms with Crippen molar-refractivity contribution in [1.29, 1.82) is 0 Å². The Morgan fingerprint density at radius 1 is 1.37 bits per heavy atom. The summed E-state index contributed by atoms with van der Waals surface area (Å²) in [6.45, 7) is 6.30. The van der Waals surface area contributed by atoms with Gasteiger partial charge in [0.1, 0.15) is 16.0 Å². The third-order valence-electron chi connectivity index (χ3n) is 2.73. The van der Waals surface area contributed by atoms with Crippen LogP contribution in [0.3, 0.4) is 0 Å². The van der Waals surface area contributed by atoms with Gasteiger partial charge in [0.2, 0.25) is 11.7 Å². The van der Waals surface area contributed by atoms with Gasteiger partial charge in [-0.3, -0.25) is 9.00 Å². The fraction of sp³-hybridized carbons (Fsp3) is 0.500. The average Bonchev–Trinajstić information content (AvgIpc) is 2.88. The quantitative estimate of drug-likeness (QED) is 0.853. The van der Waals surface area contributed by atoms with Crippen LogP contribution < -0.4 is 0 Å². The molecule has 2 atom stereocenters. The Labute approximate surface area is 113 Å². The summed E-state index contributed by atoms with van der Waals surface area (Å²) in [4.78, 5) is 24.3. The van der Waals surface area contributed by atoms with Gasteiger partial charge in [0.25, 0.3) is 0 Å². The normalized spacial score (nSPS) is 13.8. The number of hydrogen-bond donors (Lipinski definition) is 1. The zero-order valence-corrected chi connectivity index (χ0v) is 11.9. The van der Waals surface area contributed by atoms with Gasteiger partial charge in [-0.2, -0.15) is 0 Å². The minimum Gasteiger partial charge on any atom is -0.475 e. The summed E-state index contributed by atoms with van der Waals surface area (Å²) < 4.78 is 17.1. The summed E-state index contributed by atoms with van der Waals surface area (Å²) in [5.74, 6) is -1.76. The van der Waals surface area contributed by atoms with Gasteiger partial charge in [0, 0.05) is 13.1 Å². The third kappa shape index (κ3) is 3.44. The van der Waals surface area contributed by atoms with Crippen LogP contribution in [0.2, 0.25) is 0 Å². The summed E-state index contributed by atoms with van der Waals surface area (Å²) in [6, 6.07) is 2.55. The lowest BCUT2D eigenvalue weighted by Gasteiger charge is -2.21. The highest BCUT2D eigenvalue weighted by atomic mass is 32.2. The van der Waals surface area contributed by atoms with E-state index in [0.717, 1.165) is 0 Å². The first-order chi connectivity index (χ1) is 8.92. The molecule has 0 radical (unpaired) electrons. The van der Waals surface area contributed by atoms with E-state index in [1.807, 2.05) is 13.8 Å². The van der Waals surface area contributed by atoms with E-state index in [2.05, 4.69) is 0 Å². The summed E-state index contributed by atoms with van der Waals surface area (Å²) in [7, 11) is -1.70. The molecule has 0 aliphatic rings. The molecule has 0 spiro atoms. The Bertz CT molecular complexity index is 492. The van der Waals surface area contributed by atoms with Crippen molar-refractivity contribution in [2.24, 2.45) is 0 Å². The van der Waals surface area contributed by atoms with Crippen molar-refractivity contribution in [3.63, 3.8) is 0 Å². The first-order valence-electron chi connectivity index (χ1n) is 5.94. The molecule has 6 nitrogen and oxygen atoms in total. The van der Waals surface area contributed by atoms with E-state index < -0.39 is 22.0 Å². The van der Waals surface area contributed by atoms with Crippen molar-refractivity contribution in [3.8, 4) is 0 Å². The van der Waals surface area contributed by atoms with Gasteiger partial charge in [-0.1, -0.05) is 0 Å². The van der Waals surface area contributed by atoms with Crippen molar-refractivity contribution in [1.82, 2.24) is 4.90 Å². The van der Waals surface area contributed by atoms with Crippen LogP contribution in [0.1, 0.15) is 31.3 Å². The van der Waals surface area contributed by atoms with Crippen molar-refractivity contribution in [2.45, 2.75) is 31.1 Å². The molecule has 1 rings (SSSR count). The van der Waals surface area contributed by atoms with Crippen LogP contribution in [-0.2, 0) is 15.6 Å². The van der Waals surface area contributed by atoms with E-state index in [-0.39, 0.29) is 16.8 Å². The lowest BCUT2D eigenvalue weighted by atomic mass is 10.4. The number of carbonyl (C=O) groups excluding carboxylic acids is 1. The Hall–Kier alpha value is -1.63. The number of hydrogen-bond acceptors (Lipinski definition) is 4. The Morgan fingerprint density at radius 3 is 2.37 bits per heavy atom. The first-order valence-corrected chi connectivity index (χ1v) is 7.16. The van der Waals surface area contributed by atoms with Gasteiger partial charge < -0.3 is 14.4 Å². The van der Waals surface area contributed by atoms with E-state index in [9.17, 15) is 13.8 Å². The first kappa shape index (κ1) is 15.4. The van der Waals surface area contributed by atoms with Gasteiger partial charge in [-0.05, 0) is 32.9 Å². The Kier molecular flexibility index (Phi) is 5.29. The molecular weight excluding hydrogens is 270 g/mol. The van der Waals surface area contributed by atoms with Crippen molar-refractivity contribution < 1.29 is 23.3 Å². The van der Waals surface area contributed by atoms with Crippen LogP contribution in [0.5, 0.6) is 0 Å². The molecule has 0 aliphatic carbocycles. The largest absolute Gasteiger partial charge is 0.475 e. The van der Waals surface area contributed by atoms with Crippen molar-refractivity contribution in [2.75, 3.05) is 13.1 Å². The second-order valence-corrected chi connectivity index (χ2v) is 5.58. The summed E-state index contributed by atoms with van der Waals surface area (Å²) in [5.41, 5.74) is 0. The maximum atomic E-state index is 12.1. The fourth-order valence-corrected chi connectivity index (χ4v) is 2.66. The molecule has 0 aromatic carbocycles. The molecule has 0 aliphatic heterocycles. The molecular formula is C12H17NO5S. The molecule has 2 unspecified atom stereocenters. The number of amides is 1.